The van der Waals surface area contributed by atoms with Gasteiger partial charge >= 0.3 is 0 Å². The summed E-state index contributed by atoms with van der Waals surface area (Å²) in [5.41, 5.74) is 0.515. The number of hydrogen-bond acceptors (Lipinski definition) is 3. The van der Waals surface area contributed by atoms with Crippen LogP contribution in [0.15, 0.2) is 33.8 Å². The lowest BCUT2D eigenvalue weighted by Crippen LogP contribution is -2.25. The molecule has 0 radical (unpaired) electrons. The zero-order valence-electron chi connectivity index (χ0n) is 8.72. The summed E-state index contributed by atoms with van der Waals surface area (Å²) >= 11 is 3.35. The van der Waals surface area contributed by atoms with Crippen molar-refractivity contribution in [3.8, 4) is 0 Å². The van der Waals surface area contributed by atoms with E-state index < -0.39 is 6.10 Å². The number of aromatic nitrogens is 2. The van der Waals surface area contributed by atoms with Gasteiger partial charge in [-0.2, -0.15) is 0 Å². The van der Waals surface area contributed by atoms with Crippen LogP contribution in [0.1, 0.15) is 6.92 Å². The highest BCUT2D eigenvalue weighted by molar-refractivity contribution is 9.10. The van der Waals surface area contributed by atoms with Crippen molar-refractivity contribution < 1.29 is 5.11 Å². The molecule has 1 unspecified atom stereocenters. The third kappa shape index (κ3) is 2.01. The number of benzene rings is 1. The van der Waals surface area contributed by atoms with Gasteiger partial charge in [0.05, 0.1) is 29.9 Å². The molecule has 0 saturated carbocycles. The molecular weight excluding hydrogens is 272 g/mol. The lowest BCUT2D eigenvalue weighted by Gasteiger charge is -2.08. The number of halogens is 1. The molecule has 1 atom stereocenters. The van der Waals surface area contributed by atoms with Crippen LogP contribution in [0.2, 0.25) is 0 Å². The average molecular weight is 283 g/mol. The minimum atomic E-state index is -0.566. The third-order valence-electron chi connectivity index (χ3n) is 2.27. The van der Waals surface area contributed by atoms with Crippen molar-refractivity contribution in [2.45, 2.75) is 19.6 Å². The van der Waals surface area contributed by atoms with Crippen LogP contribution in [-0.2, 0) is 6.54 Å². The van der Waals surface area contributed by atoms with E-state index in [4.69, 9.17) is 0 Å². The zero-order valence-corrected chi connectivity index (χ0v) is 10.3. The van der Waals surface area contributed by atoms with E-state index >= 15 is 0 Å². The lowest BCUT2D eigenvalue weighted by atomic mass is 10.2. The first-order valence-electron chi connectivity index (χ1n) is 4.91. The Kier molecular flexibility index (Phi) is 3.07. The molecule has 0 aliphatic carbocycles. The van der Waals surface area contributed by atoms with Crippen molar-refractivity contribution in [1.82, 2.24) is 9.55 Å². The van der Waals surface area contributed by atoms with Crippen LogP contribution in [0.4, 0.5) is 0 Å². The first-order valence-corrected chi connectivity index (χ1v) is 5.70. The number of fused-ring (bicyclic) bond motifs is 1. The van der Waals surface area contributed by atoms with Crippen molar-refractivity contribution in [2.24, 2.45) is 0 Å². The van der Waals surface area contributed by atoms with Gasteiger partial charge in [0.15, 0.2) is 0 Å². The van der Waals surface area contributed by atoms with Gasteiger partial charge in [-0.1, -0.05) is 6.07 Å². The van der Waals surface area contributed by atoms with E-state index in [0.717, 1.165) is 4.47 Å². The molecule has 2 rings (SSSR count). The third-order valence-corrected chi connectivity index (χ3v) is 2.91. The number of hydrogen-bond donors (Lipinski definition) is 1. The molecule has 0 spiro atoms. The summed E-state index contributed by atoms with van der Waals surface area (Å²) < 4.78 is 2.21. The van der Waals surface area contributed by atoms with Crippen LogP contribution in [-0.4, -0.2) is 20.8 Å². The van der Waals surface area contributed by atoms with Crippen LogP contribution in [0.25, 0.3) is 10.9 Å². The minimum Gasteiger partial charge on any atom is -0.392 e. The first-order chi connectivity index (χ1) is 7.59. The van der Waals surface area contributed by atoms with Crippen molar-refractivity contribution in [3.05, 3.63) is 39.4 Å². The van der Waals surface area contributed by atoms with Crippen molar-refractivity contribution in [3.63, 3.8) is 0 Å². The van der Waals surface area contributed by atoms with Gasteiger partial charge in [-0.15, -0.1) is 0 Å². The molecule has 0 saturated heterocycles. The molecule has 5 heteroatoms. The largest absolute Gasteiger partial charge is 0.392 e. The fraction of sp³-hybridized carbons (Fsp3) is 0.273. The molecule has 4 nitrogen and oxygen atoms in total. The van der Waals surface area contributed by atoms with Crippen LogP contribution < -0.4 is 5.56 Å². The van der Waals surface area contributed by atoms with Gasteiger partial charge in [0.1, 0.15) is 0 Å². The Morgan fingerprint density at radius 2 is 2.31 bits per heavy atom. The van der Waals surface area contributed by atoms with Gasteiger partial charge < -0.3 is 5.11 Å². The summed E-state index contributed by atoms with van der Waals surface area (Å²) in [5, 5.41) is 9.81. The molecule has 1 aromatic heterocycles. The molecule has 0 aliphatic rings. The second-order valence-corrected chi connectivity index (χ2v) is 4.54. The van der Waals surface area contributed by atoms with Crippen molar-refractivity contribution in [1.29, 1.82) is 0 Å². The quantitative estimate of drug-likeness (QED) is 0.909. The zero-order chi connectivity index (χ0) is 11.7. The highest BCUT2D eigenvalue weighted by Crippen LogP contribution is 2.18. The Morgan fingerprint density at radius 3 is 3.00 bits per heavy atom. The van der Waals surface area contributed by atoms with Gasteiger partial charge in [-0.05, 0) is 35.0 Å². The summed E-state index contributed by atoms with van der Waals surface area (Å²) in [6, 6.07) is 5.37. The highest BCUT2D eigenvalue weighted by Gasteiger charge is 2.07. The van der Waals surface area contributed by atoms with Gasteiger partial charge in [0.2, 0.25) is 0 Å². The average Bonchev–Trinajstić information content (AvgIpc) is 2.23. The predicted molar refractivity (Wildman–Crippen MR) is 65.4 cm³/mol. The molecule has 0 amide bonds. The number of rotatable bonds is 2. The van der Waals surface area contributed by atoms with E-state index in [1.54, 1.807) is 19.1 Å². The molecule has 16 heavy (non-hydrogen) atoms. The van der Waals surface area contributed by atoms with Gasteiger partial charge in [-0.25, -0.2) is 4.98 Å². The number of nitrogens with zero attached hydrogens (tertiary/aromatic N) is 2. The van der Waals surface area contributed by atoms with Gasteiger partial charge in [0, 0.05) is 4.47 Å². The smallest absolute Gasteiger partial charge is 0.261 e. The Balaban J connectivity index is 2.66. The molecule has 0 aliphatic heterocycles. The first kappa shape index (κ1) is 11.3. The fourth-order valence-electron chi connectivity index (χ4n) is 1.57. The normalized spacial score (nSPS) is 12.9. The number of para-hydroxylation sites is 1. The predicted octanol–water partition coefficient (Wildman–Crippen LogP) is 1.54. The summed E-state index contributed by atoms with van der Waals surface area (Å²) in [6.07, 6.45) is 0.895. The van der Waals surface area contributed by atoms with E-state index in [2.05, 4.69) is 20.9 Å². The van der Waals surface area contributed by atoms with Gasteiger partial charge in [-0.3, -0.25) is 9.36 Å². The van der Waals surface area contributed by atoms with E-state index in [1.807, 2.05) is 6.07 Å². The molecule has 84 valence electrons. The molecule has 2 aromatic rings. The van der Waals surface area contributed by atoms with Crippen LogP contribution in [0, 0.1) is 0 Å². The summed E-state index contributed by atoms with van der Waals surface area (Å²) in [6.45, 7) is 1.89. The molecule has 1 N–H and O–H groups in total. The molecule has 0 fully saturated rings. The van der Waals surface area contributed by atoms with Crippen LogP contribution >= 0.6 is 15.9 Å². The summed E-state index contributed by atoms with van der Waals surface area (Å²) in [4.78, 5) is 16.2. The number of aliphatic hydroxyl groups is 1. The van der Waals surface area contributed by atoms with E-state index in [9.17, 15) is 9.90 Å². The van der Waals surface area contributed by atoms with E-state index in [-0.39, 0.29) is 12.1 Å². The van der Waals surface area contributed by atoms with Crippen molar-refractivity contribution >= 4 is 26.8 Å². The molecule has 1 aromatic carbocycles. The maximum atomic E-state index is 12.0. The van der Waals surface area contributed by atoms with Crippen LogP contribution in [0.5, 0.6) is 0 Å². The summed E-state index contributed by atoms with van der Waals surface area (Å²) in [7, 11) is 0. The standard InChI is InChI=1S/C11H11BrN2O2/c1-7(15)5-14-6-13-10-8(11(14)16)3-2-4-9(10)12/h2-4,6-7,15H,5H2,1H3. The Labute approximate surface area is 101 Å². The second-order valence-electron chi connectivity index (χ2n) is 3.69. The molecule has 0 bridgehead atoms. The van der Waals surface area contributed by atoms with Crippen molar-refractivity contribution in [2.75, 3.05) is 0 Å². The monoisotopic (exact) mass is 282 g/mol. The van der Waals surface area contributed by atoms with Gasteiger partial charge in [0.25, 0.3) is 5.56 Å². The van der Waals surface area contributed by atoms with Crippen LogP contribution in [0.3, 0.4) is 0 Å². The molecule has 1 heterocycles. The SMILES string of the molecule is CC(O)Cn1cnc2c(Br)cccc2c1=O. The van der Waals surface area contributed by atoms with E-state index in [1.165, 1.54) is 10.9 Å². The lowest BCUT2D eigenvalue weighted by molar-refractivity contribution is 0.172. The fourth-order valence-corrected chi connectivity index (χ4v) is 2.04. The second kappa shape index (κ2) is 4.35. The minimum absolute atomic E-state index is 0.132. The maximum Gasteiger partial charge on any atom is 0.261 e. The highest BCUT2D eigenvalue weighted by atomic mass is 79.9. The number of aliphatic hydroxyl groups excluding tert-OH is 1. The molecular formula is C11H11BrN2O2. The Hall–Kier alpha value is -1.20. The Bertz CT molecular complexity index is 578. The van der Waals surface area contributed by atoms with E-state index in [0.29, 0.717) is 10.9 Å². The summed E-state index contributed by atoms with van der Waals surface area (Å²) in [5.74, 6) is 0. The maximum absolute atomic E-state index is 12.0. The topological polar surface area (TPSA) is 55.1 Å². The Morgan fingerprint density at radius 1 is 1.56 bits per heavy atom.